The minimum Gasteiger partial charge on any atom is -0.493 e. The second-order valence-corrected chi connectivity index (χ2v) is 11.8. The van der Waals surface area contributed by atoms with Crippen LogP contribution in [0.4, 0.5) is 5.69 Å². The first-order chi connectivity index (χ1) is 20.7. The van der Waals surface area contributed by atoms with Crippen molar-refractivity contribution in [2.45, 2.75) is 43.9 Å². The fourth-order valence-corrected chi connectivity index (χ4v) is 5.64. The molecule has 43 heavy (non-hydrogen) atoms. The van der Waals surface area contributed by atoms with Crippen LogP contribution < -0.4 is 30.4 Å². The summed E-state index contributed by atoms with van der Waals surface area (Å²) in [4.78, 5) is 12.6. The number of imidazole rings is 1. The van der Waals surface area contributed by atoms with Gasteiger partial charge in [0.1, 0.15) is 17.2 Å². The van der Waals surface area contributed by atoms with Gasteiger partial charge in [0.05, 0.1) is 46.5 Å². The van der Waals surface area contributed by atoms with Crippen molar-refractivity contribution in [1.82, 2.24) is 9.13 Å². The Morgan fingerprint density at radius 1 is 0.884 bits per heavy atom. The van der Waals surface area contributed by atoms with Gasteiger partial charge in [-0.05, 0) is 50.1 Å². The van der Waals surface area contributed by atoms with Crippen LogP contribution in [0.2, 0.25) is 0 Å². The number of nitrogens with one attached hydrogen (secondary N) is 1. The van der Waals surface area contributed by atoms with Gasteiger partial charge < -0.3 is 19.9 Å². The number of sulfonamides is 1. The van der Waals surface area contributed by atoms with Gasteiger partial charge in [0.15, 0.2) is 5.75 Å². The molecule has 0 atom stereocenters. The average molecular weight is 608 g/mol. The predicted molar refractivity (Wildman–Crippen MR) is 165 cm³/mol. The number of benzene rings is 3. The van der Waals surface area contributed by atoms with Crippen LogP contribution in [-0.4, -0.2) is 37.3 Å². The van der Waals surface area contributed by atoms with Gasteiger partial charge in [-0.1, -0.05) is 25.8 Å². The summed E-state index contributed by atoms with van der Waals surface area (Å²) >= 11 is 0. The molecular weight excluding hydrogens is 570 g/mol. The molecule has 4 rings (SSSR count). The molecule has 3 N–H and O–H groups in total. The summed E-state index contributed by atoms with van der Waals surface area (Å²) in [5.74, 6) is 1.61. The lowest BCUT2D eigenvalue weighted by molar-refractivity contribution is 0.292. The van der Waals surface area contributed by atoms with Crippen molar-refractivity contribution < 1.29 is 22.6 Å². The molecule has 0 amide bonds. The maximum Gasteiger partial charge on any atom is 0.328 e. The molecule has 0 spiro atoms. The van der Waals surface area contributed by atoms with Crippen LogP contribution in [0, 0.1) is 11.3 Å². The summed E-state index contributed by atoms with van der Waals surface area (Å²) in [6.07, 6.45) is 4.69. The van der Waals surface area contributed by atoms with Crippen LogP contribution in [0.25, 0.3) is 11.0 Å². The molecule has 0 radical (unpaired) electrons. The lowest BCUT2D eigenvalue weighted by Crippen LogP contribution is -2.19. The summed E-state index contributed by atoms with van der Waals surface area (Å²) in [7, 11) is -0.894. The van der Waals surface area contributed by atoms with Crippen molar-refractivity contribution in [3.05, 3.63) is 70.6 Å². The second kappa shape index (κ2) is 14.1. The van der Waals surface area contributed by atoms with Crippen LogP contribution in [0.15, 0.2) is 64.3 Å². The van der Waals surface area contributed by atoms with E-state index in [0.717, 1.165) is 32.1 Å². The number of nitrogens with zero attached hydrogens (tertiary/aromatic N) is 3. The quantitative estimate of drug-likeness (QED) is 0.179. The first-order valence-corrected chi connectivity index (χ1v) is 15.7. The van der Waals surface area contributed by atoms with E-state index in [0.29, 0.717) is 48.0 Å². The molecule has 0 aliphatic rings. The molecule has 12 heteroatoms. The molecule has 228 valence electrons. The number of nitrogens with two attached hydrogens (primary N) is 1. The van der Waals surface area contributed by atoms with Gasteiger partial charge in [-0.15, -0.1) is 0 Å². The van der Waals surface area contributed by atoms with Gasteiger partial charge in [0, 0.05) is 38.4 Å². The maximum absolute atomic E-state index is 13.4. The van der Waals surface area contributed by atoms with Crippen molar-refractivity contribution in [1.29, 1.82) is 5.26 Å². The highest BCUT2D eigenvalue weighted by atomic mass is 32.2. The lowest BCUT2D eigenvalue weighted by atomic mass is 10.2. The third-order valence-electron chi connectivity index (χ3n) is 6.81. The molecule has 4 aromatic rings. The first kappa shape index (κ1) is 31.5. The molecule has 0 saturated heterocycles. The van der Waals surface area contributed by atoms with E-state index in [4.69, 9.17) is 19.9 Å². The van der Waals surface area contributed by atoms with E-state index in [2.05, 4.69) is 4.72 Å². The molecule has 0 aliphatic heterocycles. The highest BCUT2D eigenvalue weighted by Gasteiger charge is 2.21. The first-order valence-electron chi connectivity index (χ1n) is 14.2. The number of anilines is 1. The summed E-state index contributed by atoms with van der Waals surface area (Å²) < 4.78 is 50.5. The Hall–Kier alpha value is -4.47. The Balaban J connectivity index is 1.72. The van der Waals surface area contributed by atoms with Crippen molar-refractivity contribution in [3.63, 3.8) is 0 Å². The molecule has 0 saturated carbocycles. The lowest BCUT2D eigenvalue weighted by Gasteiger charge is -2.16. The van der Waals surface area contributed by atoms with Crippen molar-refractivity contribution in [2.75, 3.05) is 24.5 Å². The van der Waals surface area contributed by atoms with E-state index in [1.54, 1.807) is 44.4 Å². The van der Waals surface area contributed by atoms with E-state index in [-0.39, 0.29) is 27.6 Å². The van der Waals surface area contributed by atoms with E-state index >= 15 is 0 Å². The Bertz CT molecular complexity index is 1790. The van der Waals surface area contributed by atoms with E-state index in [1.165, 1.54) is 33.4 Å². The average Bonchev–Trinajstić information content (AvgIpc) is 3.20. The molecule has 1 aromatic heterocycles. The number of rotatable bonds is 15. The molecule has 0 unspecified atom stereocenters. The van der Waals surface area contributed by atoms with Gasteiger partial charge in [0.2, 0.25) is 0 Å². The monoisotopic (exact) mass is 607 g/mol. The number of nitriles is 1. The molecule has 0 fully saturated rings. The van der Waals surface area contributed by atoms with E-state index < -0.39 is 10.0 Å². The third-order valence-corrected chi connectivity index (χ3v) is 8.18. The molecular formula is C31H37N5O6S. The van der Waals surface area contributed by atoms with Crippen LogP contribution in [0.5, 0.6) is 23.0 Å². The number of aromatic nitrogens is 2. The number of aryl methyl sites for hydroxylation is 2. The second-order valence-electron chi connectivity index (χ2n) is 10.1. The van der Waals surface area contributed by atoms with Crippen molar-refractivity contribution >= 4 is 26.7 Å². The minimum atomic E-state index is -4.13. The van der Waals surface area contributed by atoms with Crippen LogP contribution >= 0.6 is 0 Å². The number of hydrogen-bond donors (Lipinski definition) is 2. The number of hydrogen-bond acceptors (Lipinski definition) is 8. The van der Waals surface area contributed by atoms with E-state index in [1.807, 2.05) is 13.0 Å². The Kier molecular flexibility index (Phi) is 10.3. The fraction of sp³-hybridized carbons (Fsp3) is 0.355. The highest BCUT2D eigenvalue weighted by molar-refractivity contribution is 7.92. The minimum absolute atomic E-state index is 0.0864. The fourth-order valence-electron chi connectivity index (χ4n) is 4.53. The van der Waals surface area contributed by atoms with E-state index in [9.17, 15) is 18.5 Å². The Morgan fingerprint density at radius 2 is 1.53 bits per heavy atom. The summed E-state index contributed by atoms with van der Waals surface area (Å²) in [6, 6.07) is 16.0. The van der Waals surface area contributed by atoms with Crippen molar-refractivity contribution in [2.24, 2.45) is 19.8 Å². The van der Waals surface area contributed by atoms with Gasteiger partial charge in [-0.2, -0.15) is 5.26 Å². The topological polar surface area (TPSA) is 151 Å². The molecule has 0 bridgehead atoms. The number of ether oxygens (including phenoxy) is 3. The SMILES string of the molecule is CCCOc1cc(OCCCCCCN)cc(Oc2cc3c(cc2NS(=O)(=O)c2cccc(C#N)c2)n(C)c(=O)n3C)c1. The highest BCUT2D eigenvalue weighted by Crippen LogP contribution is 2.38. The maximum atomic E-state index is 13.4. The molecule has 11 nitrogen and oxygen atoms in total. The largest absolute Gasteiger partial charge is 0.493 e. The predicted octanol–water partition coefficient (Wildman–Crippen LogP) is 5.03. The molecule has 0 aliphatic carbocycles. The Morgan fingerprint density at radius 3 is 2.21 bits per heavy atom. The summed E-state index contributed by atoms with van der Waals surface area (Å²) in [6.45, 7) is 3.67. The van der Waals surface area contributed by atoms with Gasteiger partial charge >= 0.3 is 5.69 Å². The van der Waals surface area contributed by atoms with Crippen LogP contribution in [0.3, 0.4) is 0 Å². The zero-order valence-electron chi connectivity index (χ0n) is 24.6. The summed E-state index contributed by atoms with van der Waals surface area (Å²) in [5.41, 5.74) is 6.66. The van der Waals surface area contributed by atoms with Crippen molar-refractivity contribution in [3.8, 4) is 29.1 Å². The standard InChI is InChI=1S/C31H37N5O6S/c1-4-13-40-23-16-24(41-14-8-6-5-7-12-32)18-25(17-23)42-30-20-29-28(35(2)31(37)36(29)3)19-27(30)34-43(38,39)26-11-9-10-22(15-26)21-33/h9-11,15-20,34H,4-8,12-14,32H2,1-3H3. The zero-order chi connectivity index (χ0) is 31.0. The number of unbranched alkanes of at least 4 members (excludes halogenated alkanes) is 3. The normalized spacial score (nSPS) is 11.3. The molecule has 3 aromatic carbocycles. The van der Waals surface area contributed by atoms with Crippen LogP contribution in [0.1, 0.15) is 44.6 Å². The van der Waals surface area contributed by atoms with Gasteiger partial charge in [0.25, 0.3) is 10.0 Å². The molecule has 1 heterocycles. The summed E-state index contributed by atoms with van der Waals surface area (Å²) in [5, 5.41) is 9.26. The smallest absolute Gasteiger partial charge is 0.328 e. The number of fused-ring (bicyclic) bond motifs is 1. The third kappa shape index (κ3) is 7.68. The Labute approximate surface area is 251 Å². The van der Waals surface area contributed by atoms with Gasteiger partial charge in [-0.25, -0.2) is 13.2 Å². The zero-order valence-corrected chi connectivity index (χ0v) is 25.4. The van der Waals surface area contributed by atoms with Crippen LogP contribution in [-0.2, 0) is 24.1 Å². The van der Waals surface area contributed by atoms with Gasteiger partial charge in [-0.3, -0.25) is 13.9 Å².